The van der Waals surface area contributed by atoms with E-state index in [0.717, 1.165) is 16.3 Å². The van der Waals surface area contributed by atoms with E-state index in [2.05, 4.69) is 10.5 Å². The van der Waals surface area contributed by atoms with E-state index in [9.17, 15) is 14.7 Å². The van der Waals surface area contributed by atoms with Crippen LogP contribution in [0.2, 0.25) is 0 Å². The number of carbonyl (C=O) groups is 2. The molecule has 0 bridgehead atoms. The Morgan fingerprint density at radius 2 is 1.62 bits per heavy atom. The van der Waals surface area contributed by atoms with Crippen LogP contribution in [-0.2, 0) is 0 Å². The van der Waals surface area contributed by atoms with Gasteiger partial charge >= 0.3 is 5.97 Å². The van der Waals surface area contributed by atoms with Crippen molar-refractivity contribution >= 4 is 28.9 Å². The molecule has 4 aromatic carbocycles. The van der Waals surface area contributed by atoms with Gasteiger partial charge in [0.1, 0.15) is 11.5 Å². The largest absolute Gasteiger partial charge is 0.507 e. The van der Waals surface area contributed by atoms with Gasteiger partial charge in [0.2, 0.25) is 0 Å². The van der Waals surface area contributed by atoms with Crippen molar-refractivity contribution in [2.45, 2.75) is 6.92 Å². The molecule has 0 aliphatic rings. The molecular weight excluding hydrogens is 404 g/mol. The summed E-state index contributed by atoms with van der Waals surface area (Å²) in [5.74, 6) is -0.876. The second-order valence-electron chi connectivity index (χ2n) is 7.17. The van der Waals surface area contributed by atoms with Gasteiger partial charge in [-0.15, -0.1) is 0 Å². The zero-order chi connectivity index (χ0) is 22.5. The van der Waals surface area contributed by atoms with Crippen LogP contribution in [0, 0.1) is 6.92 Å². The van der Waals surface area contributed by atoms with E-state index in [0.29, 0.717) is 16.9 Å². The highest BCUT2D eigenvalue weighted by Crippen LogP contribution is 2.27. The number of hydrogen-bond acceptors (Lipinski definition) is 5. The molecule has 0 atom stereocenters. The summed E-state index contributed by atoms with van der Waals surface area (Å²) in [6.45, 7) is 1.94. The molecule has 1 amide bonds. The molecule has 0 aromatic heterocycles. The second-order valence-corrected chi connectivity index (χ2v) is 7.17. The molecule has 0 fully saturated rings. The number of amides is 1. The Labute approximate surface area is 184 Å². The standard InChI is InChI=1S/C26H20N2O4/c1-17-10-12-19(13-11-17)26(31)32-24-15-14-18-6-2-3-7-20(18)22(24)16-27-28-25(30)21-8-4-5-9-23(21)29/h2-16,29H,1H3,(H,28,30). The van der Waals surface area contributed by atoms with Gasteiger partial charge in [0.15, 0.2) is 0 Å². The van der Waals surface area contributed by atoms with E-state index in [1.54, 1.807) is 30.3 Å². The van der Waals surface area contributed by atoms with E-state index >= 15 is 0 Å². The Morgan fingerprint density at radius 3 is 2.41 bits per heavy atom. The summed E-state index contributed by atoms with van der Waals surface area (Å²) < 4.78 is 5.66. The van der Waals surface area contributed by atoms with Gasteiger partial charge in [-0.05, 0) is 48.0 Å². The van der Waals surface area contributed by atoms with Gasteiger partial charge in [0, 0.05) is 5.56 Å². The fourth-order valence-corrected chi connectivity index (χ4v) is 3.23. The molecule has 0 radical (unpaired) electrons. The zero-order valence-corrected chi connectivity index (χ0v) is 17.3. The predicted molar refractivity (Wildman–Crippen MR) is 123 cm³/mol. The highest BCUT2D eigenvalue weighted by Gasteiger charge is 2.14. The number of hydrazone groups is 1. The number of rotatable bonds is 5. The number of ether oxygens (including phenoxy) is 1. The van der Waals surface area contributed by atoms with E-state index in [1.165, 1.54) is 18.3 Å². The Hall–Kier alpha value is -4.45. The molecule has 0 saturated heterocycles. The quantitative estimate of drug-likeness (QED) is 0.208. The molecule has 0 spiro atoms. The fourth-order valence-electron chi connectivity index (χ4n) is 3.23. The van der Waals surface area contributed by atoms with Crippen molar-refractivity contribution in [1.82, 2.24) is 5.43 Å². The lowest BCUT2D eigenvalue weighted by Gasteiger charge is -2.11. The summed E-state index contributed by atoms with van der Waals surface area (Å²) >= 11 is 0. The van der Waals surface area contributed by atoms with Crippen LogP contribution in [0.25, 0.3) is 10.8 Å². The minimum absolute atomic E-state index is 0.105. The molecule has 0 aliphatic heterocycles. The van der Waals surface area contributed by atoms with Crippen LogP contribution in [-0.4, -0.2) is 23.2 Å². The first-order chi connectivity index (χ1) is 15.5. The van der Waals surface area contributed by atoms with Crippen molar-refractivity contribution in [3.63, 3.8) is 0 Å². The Kier molecular flexibility index (Phi) is 5.94. The van der Waals surface area contributed by atoms with Gasteiger partial charge in [-0.25, -0.2) is 10.2 Å². The molecule has 0 heterocycles. The number of aromatic hydroxyl groups is 1. The number of fused-ring (bicyclic) bond motifs is 1. The number of aryl methyl sites for hydroxylation is 1. The summed E-state index contributed by atoms with van der Waals surface area (Å²) in [5.41, 5.74) is 4.52. The third-order valence-corrected chi connectivity index (χ3v) is 4.93. The van der Waals surface area contributed by atoms with Crippen LogP contribution in [0.1, 0.15) is 31.8 Å². The van der Waals surface area contributed by atoms with E-state index in [-0.39, 0.29) is 11.3 Å². The van der Waals surface area contributed by atoms with Crippen molar-refractivity contribution in [2.75, 3.05) is 0 Å². The van der Waals surface area contributed by atoms with Gasteiger partial charge in [0.05, 0.1) is 17.3 Å². The molecule has 4 aromatic rings. The number of hydrogen-bond donors (Lipinski definition) is 2. The molecular formula is C26H20N2O4. The molecule has 2 N–H and O–H groups in total. The lowest BCUT2D eigenvalue weighted by Crippen LogP contribution is -2.18. The topological polar surface area (TPSA) is 88.0 Å². The van der Waals surface area contributed by atoms with Gasteiger partial charge < -0.3 is 9.84 Å². The number of esters is 1. The highest BCUT2D eigenvalue weighted by atomic mass is 16.5. The Bertz CT molecular complexity index is 1330. The first kappa shape index (κ1) is 20.8. The summed E-state index contributed by atoms with van der Waals surface area (Å²) in [7, 11) is 0. The van der Waals surface area contributed by atoms with E-state index < -0.39 is 11.9 Å². The van der Waals surface area contributed by atoms with Gasteiger partial charge in [-0.3, -0.25) is 4.79 Å². The lowest BCUT2D eigenvalue weighted by atomic mass is 10.0. The van der Waals surface area contributed by atoms with Crippen molar-refractivity contribution < 1.29 is 19.4 Å². The number of benzene rings is 4. The number of para-hydroxylation sites is 1. The normalized spacial score (nSPS) is 10.9. The zero-order valence-electron chi connectivity index (χ0n) is 17.3. The second kappa shape index (κ2) is 9.14. The van der Waals surface area contributed by atoms with Crippen LogP contribution in [0.4, 0.5) is 0 Å². The van der Waals surface area contributed by atoms with Gasteiger partial charge in [-0.2, -0.15) is 5.10 Å². The molecule has 4 rings (SSSR count). The summed E-state index contributed by atoms with van der Waals surface area (Å²) in [4.78, 5) is 25.0. The SMILES string of the molecule is Cc1ccc(C(=O)Oc2ccc3ccccc3c2C=NNC(=O)c2ccccc2O)cc1. The van der Waals surface area contributed by atoms with Crippen LogP contribution in [0.15, 0.2) is 90.0 Å². The van der Waals surface area contributed by atoms with Crippen LogP contribution in [0.3, 0.4) is 0 Å². The Morgan fingerprint density at radius 1 is 0.906 bits per heavy atom. The minimum atomic E-state index is -0.558. The first-order valence-electron chi connectivity index (χ1n) is 9.95. The highest BCUT2D eigenvalue weighted by molar-refractivity contribution is 6.04. The monoisotopic (exact) mass is 424 g/mol. The molecule has 6 heteroatoms. The average Bonchev–Trinajstić information content (AvgIpc) is 2.80. The van der Waals surface area contributed by atoms with Crippen molar-refractivity contribution in [1.29, 1.82) is 0 Å². The smallest absolute Gasteiger partial charge is 0.343 e. The molecule has 0 unspecified atom stereocenters. The maximum absolute atomic E-state index is 12.7. The van der Waals surface area contributed by atoms with E-state index in [1.807, 2.05) is 49.4 Å². The molecule has 6 nitrogen and oxygen atoms in total. The maximum atomic E-state index is 12.7. The number of nitrogens with one attached hydrogen (secondary N) is 1. The molecule has 0 saturated carbocycles. The van der Waals surface area contributed by atoms with Gasteiger partial charge in [-0.1, -0.05) is 60.2 Å². The van der Waals surface area contributed by atoms with Crippen molar-refractivity contribution in [3.8, 4) is 11.5 Å². The van der Waals surface area contributed by atoms with Crippen LogP contribution >= 0.6 is 0 Å². The number of carbonyl (C=O) groups excluding carboxylic acids is 2. The van der Waals surface area contributed by atoms with Crippen LogP contribution < -0.4 is 10.2 Å². The minimum Gasteiger partial charge on any atom is -0.507 e. The van der Waals surface area contributed by atoms with Crippen LogP contribution in [0.5, 0.6) is 11.5 Å². The van der Waals surface area contributed by atoms with Crippen molar-refractivity contribution in [2.24, 2.45) is 5.10 Å². The van der Waals surface area contributed by atoms with E-state index in [4.69, 9.17) is 4.74 Å². The number of phenols is 1. The summed E-state index contributed by atoms with van der Waals surface area (Å²) in [6.07, 6.45) is 1.43. The van der Waals surface area contributed by atoms with Gasteiger partial charge in [0.25, 0.3) is 5.91 Å². The number of nitrogens with zero attached hydrogens (tertiary/aromatic N) is 1. The predicted octanol–water partition coefficient (Wildman–Crippen LogP) is 4.84. The third-order valence-electron chi connectivity index (χ3n) is 4.93. The first-order valence-corrected chi connectivity index (χ1v) is 9.95. The fraction of sp³-hybridized carbons (Fsp3) is 0.0385. The number of phenolic OH excluding ortho intramolecular Hbond substituents is 1. The summed E-state index contributed by atoms with van der Waals surface area (Å²) in [5, 5.41) is 15.6. The lowest BCUT2D eigenvalue weighted by molar-refractivity contribution is 0.0734. The molecule has 32 heavy (non-hydrogen) atoms. The molecule has 0 aliphatic carbocycles. The molecule has 158 valence electrons. The maximum Gasteiger partial charge on any atom is 0.343 e. The summed E-state index contributed by atoms with van der Waals surface area (Å²) in [6, 6.07) is 24.4. The third kappa shape index (κ3) is 4.49. The average molecular weight is 424 g/mol. The Balaban J connectivity index is 1.63. The van der Waals surface area contributed by atoms with Crippen molar-refractivity contribution in [3.05, 3.63) is 107 Å².